The van der Waals surface area contributed by atoms with Gasteiger partial charge < -0.3 is 19.5 Å². The van der Waals surface area contributed by atoms with Crippen LogP contribution in [0.4, 0.5) is 5.69 Å². The second kappa shape index (κ2) is 10.7. The Morgan fingerprint density at radius 2 is 1.69 bits per heavy atom. The van der Waals surface area contributed by atoms with Gasteiger partial charge in [0, 0.05) is 13.1 Å². The van der Waals surface area contributed by atoms with Crippen LogP contribution in [0, 0.1) is 0 Å². The van der Waals surface area contributed by atoms with Crippen LogP contribution in [0.5, 0.6) is 17.2 Å². The minimum Gasteiger partial charge on any atom is -0.497 e. The summed E-state index contributed by atoms with van der Waals surface area (Å²) in [5, 5.41) is 2.73. The first kappa shape index (κ1) is 23.9. The smallest absolute Gasteiger partial charge is 0.262 e. The van der Waals surface area contributed by atoms with Crippen molar-refractivity contribution >= 4 is 21.6 Å². The zero-order valence-corrected chi connectivity index (χ0v) is 19.5. The molecule has 0 saturated carbocycles. The van der Waals surface area contributed by atoms with Gasteiger partial charge in [0.05, 0.1) is 23.8 Å². The van der Waals surface area contributed by atoms with E-state index in [9.17, 15) is 13.2 Å². The van der Waals surface area contributed by atoms with Crippen molar-refractivity contribution in [2.45, 2.75) is 44.1 Å². The molecule has 1 aliphatic rings. The number of amides is 1. The molecule has 9 heteroatoms. The van der Waals surface area contributed by atoms with Gasteiger partial charge in [-0.2, -0.15) is 4.31 Å². The summed E-state index contributed by atoms with van der Waals surface area (Å²) in [6.07, 6.45) is 2.58. The minimum absolute atomic E-state index is 0.127. The fourth-order valence-electron chi connectivity index (χ4n) is 3.39. The molecule has 0 aliphatic carbocycles. The van der Waals surface area contributed by atoms with Gasteiger partial charge in [-0.15, -0.1) is 0 Å². The van der Waals surface area contributed by atoms with E-state index in [0.29, 0.717) is 36.0 Å². The summed E-state index contributed by atoms with van der Waals surface area (Å²) in [5.41, 5.74) is 0.292. The highest BCUT2D eigenvalue weighted by Crippen LogP contribution is 2.31. The molecule has 0 spiro atoms. The van der Waals surface area contributed by atoms with Crippen LogP contribution in [0.25, 0.3) is 0 Å². The lowest BCUT2D eigenvalue weighted by Gasteiger charge is -2.26. The number of nitrogens with zero attached hydrogens (tertiary/aromatic N) is 1. The maximum atomic E-state index is 13.1. The number of carbonyl (C=O) groups is 1. The van der Waals surface area contributed by atoms with Gasteiger partial charge in [-0.1, -0.05) is 6.42 Å². The van der Waals surface area contributed by atoms with Crippen LogP contribution in [0.3, 0.4) is 0 Å². The Hall–Kier alpha value is -2.78. The topological polar surface area (TPSA) is 94.2 Å². The predicted molar refractivity (Wildman–Crippen MR) is 122 cm³/mol. The third kappa shape index (κ3) is 6.14. The monoisotopic (exact) mass is 462 g/mol. The number of carbonyl (C=O) groups excluding carboxylic acids is 1. The van der Waals surface area contributed by atoms with Gasteiger partial charge in [0.1, 0.15) is 17.2 Å². The average molecular weight is 463 g/mol. The highest BCUT2D eigenvalue weighted by molar-refractivity contribution is 7.89. The van der Waals surface area contributed by atoms with Crippen LogP contribution < -0.4 is 19.5 Å². The number of anilines is 1. The second-order valence-corrected chi connectivity index (χ2v) is 9.74. The molecule has 3 rings (SSSR count). The van der Waals surface area contributed by atoms with Crippen molar-refractivity contribution in [1.29, 1.82) is 0 Å². The van der Waals surface area contributed by atoms with E-state index in [0.717, 1.165) is 19.3 Å². The van der Waals surface area contributed by atoms with E-state index < -0.39 is 15.9 Å². The lowest BCUT2D eigenvalue weighted by Crippen LogP contribution is -2.35. The molecule has 1 N–H and O–H groups in total. The zero-order valence-electron chi connectivity index (χ0n) is 18.7. The van der Waals surface area contributed by atoms with Crippen LogP contribution >= 0.6 is 0 Å². The summed E-state index contributed by atoms with van der Waals surface area (Å²) >= 11 is 0. The van der Waals surface area contributed by atoms with Crippen molar-refractivity contribution in [3.63, 3.8) is 0 Å². The number of methoxy groups -OCH3 is 1. The van der Waals surface area contributed by atoms with Gasteiger partial charge >= 0.3 is 0 Å². The van der Waals surface area contributed by atoms with Gasteiger partial charge in [-0.25, -0.2) is 8.42 Å². The number of rotatable bonds is 9. The Morgan fingerprint density at radius 3 is 2.31 bits per heavy atom. The Bertz CT molecular complexity index is 1020. The molecule has 1 saturated heterocycles. The fourth-order valence-corrected chi connectivity index (χ4v) is 4.93. The second-order valence-electron chi connectivity index (χ2n) is 7.80. The van der Waals surface area contributed by atoms with Crippen molar-refractivity contribution < 1.29 is 27.4 Å². The van der Waals surface area contributed by atoms with Crippen molar-refractivity contribution in [2.24, 2.45) is 0 Å². The number of sulfonamides is 1. The number of piperidine rings is 1. The molecule has 174 valence electrons. The van der Waals surface area contributed by atoms with Gasteiger partial charge in [0.25, 0.3) is 5.91 Å². The van der Waals surface area contributed by atoms with Crippen molar-refractivity contribution in [3.8, 4) is 17.2 Å². The molecule has 1 amide bonds. The van der Waals surface area contributed by atoms with Gasteiger partial charge in [0.15, 0.2) is 6.61 Å². The molecule has 0 atom stereocenters. The average Bonchev–Trinajstić information content (AvgIpc) is 2.79. The van der Waals surface area contributed by atoms with Gasteiger partial charge in [0.2, 0.25) is 10.0 Å². The molecular weight excluding hydrogens is 432 g/mol. The highest BCUT2D eigenvalue weighted by atomic mass is 32.2. The van der Waals surface area contributed by atoms with Crippen molar-refractivity contribution in [2.75, 3.05) is 32.1 Å². The Kier molecular flexibility index (Phi) is 7.98. The molecule has 2 aromatic carbocycles. The number of hydrogen-bond acceptors (Lipinski definition) is 6. The lowest BCUT2D eigenvalue weighted by atomic mass is 10.2. The molecule has 1 heterocycles. The molecule has 1 fully saturated rings. The maximum absolute atomic E-state index is 13.1. The third-order valence-corrected chi connectivity index (χ3v) is 6.86. The molecular formula is C23H30N2O6S. The largest absolute Gasteiger partial charge is 0.497 e. The van der Waals surface area contributed by atoms with Crippen LogP contribution in [0.2, 0.25) is 0 Å². The molecule has 8 nitrogen and oxygen atoms in total. The van der Waals surface area contributed by atoms with Crippen LogP contribution in [-0.2, 0) is 14.8 Å². The van der Waals surface area contributed by atoms with Crippen molar-refractivity contribution in [3.05, 3.63) is 42.5 Å². The first-order chi connectivity index (χ1) is 15.3. The lowest BCUT2D eigenvalue weighted by molar-refractivity contribution is -0.118. The molecule has 0 bridgehead atoms. The molecule has 2 aromatic rings. The number of hydrogen-bond donors (Lipinski definition) is 1. The fraction of sp³-hybridized carbons (Fsp3) is 0.435. The van der Waals surface area contributed by atoms with E-state index in [-0.39, 0.29) is 17.6 Å². The van der Waals surface area contributed by atoms with Crippen LogP contribution in [-0.4, -0.2) is 51.5 Å². The molecule has 0 aromatic heterocycles. The zero-order chi connectivity index (χ0) is 23.1. The Morgan fingerprint density at radius 1 is 1.03 bits per heavy atom. The van der Waals surface area contributed by atoms with E-state index in [1.165, 1.54) is 16.4 Å². The standard InChI is InChI=1S/C23H30N2O6S/c1-17(2)31-22-12-11-20(32(27,28)25-13-5-4-6-14-25)15-21(22)24-23(26)16-30-19-9-7-18(29-3)8-10-19/h7-12,15,17H,4-6,13-14,16H2,1-3H3,(H,24,26). The number of benzene rings is 2. The Labute approximate surface area is 189 Å². The van der Waals surface area contributed by atoms with Gasteiger partial charge in [-0.05, 0) is 69.2 Å². The van der Waals surface area contributed by atoms with E-state index in [4.69, 9.17) is 14.2 Å². The normalized spacial score (nSPS) is 14.8. The molecule has 32 heavy (non-hydrogen) atoms. The number of nitrogens with one attached hydrogen (secondary N) is 1. The third-order valence-electron chi connectivity index (χ3n) is 4.97. The quantitative estimate of drug-likeness (QED) is 0.611. The minimum atomic E-state index is -3.64. The molecule has 1 aliphatic heterocycles. The van der Waals surface area contributed by atoms with E-state index in [1.807, 2.05) is 13.8 Å². The van der Waals surface area contributed by atoms with E-state index in [1.54, 1.807) is 37.4 Å². The Balaban J connectivity index is 1.76. The predicted octanol–water partition coefficient (Wildman–Crippen LogP) is 3.67. The SMILES string of the molecule is COc1ccc(OCC(=O)Nc2cc(S(=O)(=O)N3CCCCC3)ccc2OC(C)C)cc1. The van der Waals surface area contributed by atoms with E-state index in [2.05, 4.69) is 5.32 Å². The summed E-state index contributed by atoms with van der Waals surface area (Å²) in [6, 6.07) is 11.4. The van der Waals surface area contributed by atoms with Crippen LogP contribution in [0.1, 0.15) is 33.1 Å². The van der Waals surface area contributed by atoms with Crippen LogP contribution in [0.15, 0.2) is 47.4 Å². The first-order valence-corrected chi connectivity index (χ1v) is 12.1. The molecule has 0 radical (unpaired) electrons. The van der Waals surface area contributed by atoms with Crippen molar-refractivity contribution in [1.82, 2.24) is 4.31 Å². The maximum Gasteiger partial charge on any atom is 0.262 e. The van der Waals surface area contributed by atoms with E-state index >= 15 is 0 Å². The summed E-state index contributed by atoms with van der Waals surface area (Å²) < 4.78 is 44.0. The summed E-state index contributed by atoms with van der Waals surface area (Å²) in [4.78, 5) is 12.7. The number of ether oxygens (including phenoxy) is 3. The first-order valence-electron chi connectivity index (χ1n) is 10.7. The summed E-state index contributed by atoms with van der Waals surface area (Å²) in [5.74, 6) is 1.17. The highest BCUT2D eigenvalue weighted by Gasteiger charge is 2.27. The summed E-state index contributed by atoms with van der Waals surface area (Å²) in [7, 11) is -2.07. The van der Waals surface area contributed by atoms with Gasteiger partial charge in [-0.3, -0.25) is 4.79 Å². The summed E-state index contributed by atoms with van der Waals surface area (Å²) in [6.45, 7) is 4.48. The molecule has 0 unspecified atom stereocenters.